The van der Waals surface area contributed by atoms with Crippen LogP contribution in [0.5, 0.6) is 5.75 Å². The molecule has 2 rings (SSSR count). The van der Waals surface area contributed by atoms with E-state index in [9.17, 15) is 9.59 Å². The summed E-state index contributed by atoms with van der Waals surface area (Å²) in [6.45, 7) is 1.30. The van der Waals surface area contributed by atoms with E-state index in [0.29, 0.717) is 32.4 Å². The highest BCUT2D eigenvalue weighted by atomic mass is 16.5. The summed E-state index contributed by atoms with van der Waals surface area (Å²) in [6, 6.07) is 7.93. The van der Waals surface area contributed by atoms with Crippen molar-refractivity contribution >= 4 is 11.8 Å². The number of likely N-dealkylation sites (tertiary alicyclic amines) is 1. The third-order valence-corrected chi connectivity index (χ3v) is 4.27. The van der Waals surface area contributed by atoms with Crippen molar-refractivity contribution in [2.75, 3.05) is 20.2 Å². The van der Waals surface area contributed by atoms with Crippen LogP contribution >= 0.6 is 0 Å². The Bertz CT molecular complexity index is 505. The van der Waals surface area contributed by atoms with Crippen molar-refractivity contribution in [1.82, 2.24) is 4.90 Å². The van der Waals surface area contributed by atoms with Crippen molar-refractivity contribution in [3.05, 3.63) is 29.8 Å². The van der Waals surface area contributed by atoms with Gasteiger partial charge in [0.05, 0.1) is 7.11 Å². The van der Waals surface area contributed by atoms with Gasteiger partial charge in [0.2, 0.25) is 11.8 Å². The minimum Gasteiger partial charge on any atom is -0.497 e. The lowest BCUT2D eigenvalue weighted by Gasteiger charge is -2.30. The first kappa shape index (κ1) is 16.3. The fourth-order valence-corrected chi connectivity index (χ4v) is 2.81. The second-order valence-electron chi connectivity index (χ2n) is 5.76. The van der Waals surface area contributed by atoms with Gasteiger partial charge in [-0.05, 0) is 43.4 Å². The van der Waals surface area contributed by atoms with Crippen LogP contribution in [-0.4, -0.2) is 36.9 Å². The molecule has 1 aromatic carbocycles. The molecule has 1 aromatic rings. The number of nitrogens with two attached hydrogens (primary N) is 1. The molecule has 0 aliphatic carbocycles. The number of carbonyl (C=O) groups is 2. The van der Waals surface area contributed by atoms with Crippen LogP contribution in [0, 0.1) is 5.92 Å². The van der Waals surface area contributed by atoms with Crippen LogP contribution in [0.1, 0.15) is 31.2 Å². The number of hydrogen-bond donors (Lipinski definition) is 1. The summed E-state index contributed by atoms with van der Waals surface area (Å²) in [7, 11) is 1.65. The number of piperidine rings is 1. The lowest BCUT2D eigenvalue weighted by Crippen LogP contribution is -2.41. The number of rotatable bonds is 6. The Kier molecular flexibility index (Phi) is 5.81. The third kappa shape index (κ3) is 4.48. The molecule has 5 heteroatoms. The van der Waals surface area contributed by atoms with Crippen molar-refractivity contribution in [1.29, 1.82) is 0 Å². The average Bonchev–Trinajstić information content (AvgIpc) is 2.55. The second-order valence-corrected chi connectivity index (χ2v) is 5.76. The van der Waals surface area contributed by atoms with E-state index < -0.39 is 0 Å². The lowest BCUT2D eigenvalue weighted by molar-refractivity contribution is -0.134. The quantitative estimate of drug-likeness (QED) is 0.870. The van der Waals surface area contributed by atoms with Gasteiger partial charge in [-0.1, -0.05) is 12.1 Å². The Hall–Kier alpha value is -2.04. The Morgan fingerprint density at radius 1 is 1.23 bits per heavy atom. The number of hydrogen-bond acceptors (Lipinski definition) is 3. The van der Waals surface area contributed by atoms with E-state index in [1.54, 1.807) is 7.11 Å². The summed E-state index contributed by atoms with van der Waals surface area (Å²) < 4.78 is 5.12. The van der Waals surface area contributed by atoms with Gasteiger partial charge in [0.1, 0.15) is 5.75 Å². The molecule has 0 atom stereocenters. The molecule has 1 fully saturated rings. The number of nitrogens with zero attached hydrogens (tertiary/aromatic N) is 1. The fourth-order valence-electron chi connectivity index (χ4n) is 2.81. The maximum atomic E-state index is 12.2. The van der Waals surface area contributed by atoms with E-state index in [1.165, 1.54) is 5.56 Å². The van der Waals surface area contributed by atoms with Gasteiger partial charge in [-0.25, -0.2) is 0 Å². The third-order valence-electron chi connectivity index (χ3n) is 4.27. The van der Waals surface area contributed by atoms with E-state index in [1.807, 2.05) is 29.2 Å². The highest BCUT2D eigenvalue weighted by Crippen LogP contribution is 2.18. The van der Waals surface area contributed by atoms with Crippen LogP contribution in [0.15, 0.2) is 24.3 Å². The summed E-state index contributed by atoms with van der Waals surface area (Å²) >= 11 is 0. The van der Waals surface area contributed by atoms with Crippen LogP contribution in [0.4, 0.5) is 0 Å². The summed E-state index contributed by atoms with van der Waals surface area (Å²) in [5.41, 5.74) is 6.51. The van der Waals surface area contributed by atoms with Crippen LogP contribution in [0.3, 0.4) is 0 Å². The van der Waals surface area contributed by atoms with Gasteiger partial charge in [-0.15, -0.1) is 0 Å². The van der Waals surface area contributed by atoms with E-state index in [4.69, 9.17) is 10.5 Å². The first-order valence-corrected chi connectivity index (χ1v) is 7.80. The zero-order chi connectivity index (χ0) is 15.9. The molecule has 2 N–H and O–H groups in total. The molecule has 1 aliphatic heterocycles. The molecular formula is C17H24N2O3. The van der Waals surface area contributed by atoms with E-state index >= 15 is 0 Å². The van der Waals surface area contributed by atoms with Crippen molar-refractivity contribution in [3.63, 3.8) is 0 Å². The number of carbonyl (C=O) groups excluding carboxylic acids is 2. The highest BCUT2D eigenvalue weighted by molar-refractivity contribution is 5.78. The second kappa shape index (κ2) is 7.82. The molecule has 0 radical (unpaired) electrons. The monoisotopic (exact) mass is 304 g/mol. The Morgan fingerprint density at radius 3 is 2.41 bits per heavy atom. The fraction of sp³-hybridized carbons (Fsp3) is 0.529. The topological polar surface area (TPSA) is 72.6 Å². The molecule has 2 amide bonds. The standard InChI is InChI=1S/C17H24N2O3/c1-22-15-7-5-13(6-8-15)3-2-4-16(20)19-11-9-14(10-12-19)17(18)21/h5-8,14H,2-4,9-12H2,1H3,(H2,18,21). The number of ether oxygens (including phenoxy) is 1. The van der Waals surface area contributed by atoms with Crippen LogP contribution in [0.25, 0.3) is 0 Å². The van der Waals surface area contributed by atoms with Gasteiger partial charge in [0.25, 0.3) is 0 Å². The summed E-state index contributed by atoms with van der Waals surface area (Å²) in [6.07, 6.45) is 3.65. The Labute approximate surface area is 131 Å². The molecule has 120 valence electrons. The normalized spacial score (nSPS) is 15.6. The average molecular weight is 304 g/mol. The maximum Gasteiger partial charge on any atom is 0.222 e. The first-order valence-electron chi connectivity index (χ1n) is 7.80. The first-order chi connectivity index (χ1) is 10.6. The molecule has 0 unspecified atom stereocenters. The largest absolute Gasteiger partial charge is 0.497 e. The molecule has 5 nitrogen and oxygen atoms in total. The summed E-state index contributed by atoms with van der Waals surface area (Å²) in [5, 5.41) is 0. The number of primary amides is 1. The van der Waals surface area contributed by atoms with Gasteiger partial charge < -0.3 is 15.4 Å². The predicted octanol–water partition coefficient (Wildman–Crippen LogP) is 1.74. The van der Waals surface area contributed by atoms with E-state index in [-0.39, 0.29) is 17.7 Å². The Balaban J connectivity index is 1.70. The van der Waals surface area contributed by atoms with Crippen molar-refractivity contribution < 1.29 is 14.3 Å². The number of methoxy groups -OCH3 is 1. The van der Waals surface area contributed by atoms with Gasteiger partial charge in [-0.2, -0.15) is 0 Å². The van der Waals surface area contributed by atoms with Crippen LogP contribution in [0.2, 0.25) is 0 Å². The molecular weight excluding hydrogens is 280 g/mol. The van der Waals surface area contributed by atoms with Crippen molar-refractivity contribution in [2.45, 2.75) is 32.1 Å². The van der Waals surface area contributed by atoms with E-state index in [0.717, 1.165) is 18.6 Å². The zero-order valence-corrected chi connectivity index (χ0v) is 13.1. The van der Waals surface area contributed by atoms with Gasteiger partial charge in [-0.3, -0.25) is 9.59 Å². The maximum absolute atomic E-state index is 12.2. The van der Waals surface area contributed by atoms with Gasteiger partial charge >= 0.3 is 0 Å². The minimum absolute atomic E-state index is 0.0663. The van der Waals surface area contributed by atoms with Crippen LogP contribution in [-0.2, 0) is 16.0 Å². The molecule has 1 heterocycles. The summed E-state index contributed by atoms with van der Waals surface area (Å²) in [4.78, 5) is 25.1. The molecule has 1 saturated heterocycles. The molecule has 0 bridgehead atoms. The minimum atomic E-state index is -0.244. The van der Waals surface area contributed by atoms with Crippen molar-refractivity contribution in [3.8, 4) is 5.75 Å². The molecule has 0 saturated carbocycles. The van der Waals surface area contributed by atoms with Crippen LogP contribution < -0.4 is 10.5 Å². The van der Waals surface area contributed by atoms with Crippen molar-refractivity contribution in [2.24, 2.45) is 11.7 Å². The lowest BCUT2D eigenvalue weighted by atomic mass is 9.96. The molecule has 22 heavy (non-hydrogen) atoms. The van der Waals surface area contributed by atoms with E-state index in [2.05, 4.69) is 0 Å². The number of benzene rings is 1. The highest BCUT2D eigenvalue weighted by Gasteiger charge is 2.25. The molecule has 0 aromatic heterocycles. The molecule has 1 aliphatic rings. The van der Waals surface area contributed by atoms with Gasteiger partial charge in [0.15, 0.2) is 0 Å². The van der Waals surface area contributed by atoms with Gasteiger partial charge in [0, 0.05) is 25.4 Å². The number of amides is 2. The zero-order valence-electron chi connectivity index (χ0n) is 13.1. The molecule has 0 spiro atoms. The predicted molar refractivity (Wildman–Crippen MR) is 84.4 cm³/mol. The Morgan fingerprint density at radius 2 is 1.86 bits per heavy atom. The summed E-state index contributed by atoms with van der Waals surface area (Å²) in [5.74, 6) is 0.712. The SMILES string of the molecule is COc1ccc(CCCC(=O)N2CCC(C(N)=O)CC2)cc1. The smallest absolute Gasteiger partial charge is 0.222 e. The number of aryl methyl sites for hydroxylation is 1.